The number of carbonyl (C=O) groups is 1. The SMILES string of the molecule is CC(=O)N(Cl)c1cc2nc(C)cc(N3CCCC3)c2cc1N1CCCC1. The number of benzene rings is 1. The molecule has 1 amide bonds. The van der Waals surface area contributed by atoms with E-state index in [1.165, 1.54) is 42.7 Å². The number of nitrogens with zero attached hydrogens (tertiary/aromatic N) is 4. The van der Waals surface area contributed by atoms with Crippen LogP contribution in [-0.2, 0) is 4.79 Å². The van der Waals surface area contributed by atoms with Crippen LogP contribution in [0.5, 0.6) is 0 Å². The van der Waals surface area contributed by atoms with E-state index in [1.807, 2.05) is 13.0 Å². The van der Waals surface area contributed by atoms with Gasteiger partial charge in [0.2, 0.25) is 5.91 Å². The molecule has 0 N–H and O–H groups in total. The van der Waals surface area contributed by atoms with Crippen LogP contribution in [-0.4, -0.2) is 37.1 Å². The lowest BCUT2D eigenvalue weighted by atomic mass is 10.1. The maximum absolute atomic E-state index is 11.9. The van der Waals surface area contributed by atoms with Gasteiger partial charge in [0.05, 0.1) is 16.9 Å². The molecule has 0 bridgehead atoms. The van der Waals surface area contributed by atoms with Gasteiger partial charge in [-0.05, 0) is 50.8 Å². The zero-order chi connectivity index (χ0) is 18.3. The Hall–Kier alpha value is -2.01. The first kappa shape index (κ1) is 17.4. The van der Waals surface area contributed by atoms with Crippen LogP contribution >= 0.6 is 11.8 Å². The summed E-state index contributed by atoms with van der Waals surface area (Å²) in [6.07, 6.45) is 4.81. The third kappa shape index (κ3) is 3.09. The molecule has 2 aliphatic heterocycles. The Labute approximate surface area is 159 Å². The van der Waals surface area contributed by atoms with Gasteiger partial charge >= 0.3 is 0 Å². The van der Waals surface area contributed by atoms with Crippen LogP contribution in [0.25, 0.3) is 10.9 Å². The molecule has 2 aliphatic rings. The van der Waals surface area contributed by atoms with Crippen molar-refractivity contribution in [2.75, 3.05) is 40.4 Å². The lowest BCUT2D eigenvalue weighted by Crippen LogP contribution is -2.24. The zero-order valence-electron chi connectivity index (χ0n) is 15.5. The summed E-state index contributed by atoms with van der Waals surface area (Å²) in [5, 5.41) is 1.15. The molecule has 1 aromatic carbocycles. The van der Waals surface area contributed by atoms with Crippen molar-refractivity contribution in [2.45, 2.75) is 39.5 Å². The number of aryl methyl sites for hydroxylation is 1. The average Bonchev–Trinajstić information content (AvgIpc) is 3.32. The number of hydrogen-bond acceptors (Lipinski definition) is 4. The second-order valence-corrected chi connectivity index (χ2v) is 7.67. The van der Waals surface area contributed by atoms with E-state index in [-0.39, 0.29) is 5.91 Å². The highest BCUT2D eigenvalue weighted by atomic mass is 35.5. The van der Waals surface area contributed by atoms with Crippen molar-refractivity contribution in [3.63, 3.8) is 0 Å². The Kier molecular flexibility index (Phi) is 4.65. The Balaban J connectivity index is 1.92. The van der Waals surface area contributed by atoms with Crippen molar-refractivity contribution in [1.29, 1.82) is 0 Å². The lowest BCUT2D eigenvalue weighted by molar-refractivity contribution is -0.115. The van der Waals surface area contributed by atoms with Gasteiger partial charge in [-0.25, -0.2) is 4.42 Å². The van der Waals surface area contributed by atoms with Gasteiger partial charge in [0.1, 0.15) is 0 Å². The monoisotopic (exact) mass is 372 g/mol. The molecule has 6 heteroatoms. The molecule has 3 heterocycles. The van der Waals surface area contributed by atoms with E-state index < -0.39 is 0 Å². The van der Waals surface area contributed by atoms with E-state index in [0.717, 1.165) is 54.2 Å². The van der Waals surface area contributed by atoms with E-state index >= 15 is 0 Å². The third-order valence-electron chi connectivity index (χ3n) is 5.39. The summed E-state index contributed by atoms with van der Waals surface area (Å²) in [5.41, 5.74) is 4.91. The minimum absolute atomic E-state index is 0.182. The summed E-state index contributed by atoms with van der Waals surface area (Å²) < 4.78 is 1.23. The van der Waals surface area contributed by atoms with Crippen molar-refractivity contribution in [2.24, 2.45) is 0 Å². The first-order chi connectivity index (χ1) is 12.5. The van der Waals surface area contributed by atoms with Crippen LogP contribution in [0.3, 0.4) is 0 Å². The number of halogens is 1. The van der Waals surface area contributed by atoms with Gasteiger partial charge in [0.25, 0.3) is 0 Å². The van der Waals surface area contributed by atoms with Crippen LogP contribution in [0, 0.1) is 6.92 Å². The number of pyridine rings is 1. The van der Waals surface area contributed by atoms with Crippen LogP contribution in [0.2, 0.25) is 0 Å². The van der Waals surface area contributed by atoms with E-state index in [4.69, 9.17) is 16.8 Å². The van der Waals surface area contributed by atoms with Gasteiger partial charge in [-0.1, -0.05) is 0 Å². The lowest BCUT2D eigenvalue weighted by Gasteiger charge is -2.27. The van der Waals surface area contributed by atoms with Gasteiger partial charge < -0.3 is 9.80 Å². The third-order valence-corrected chi connectivity index (χ3v) is 5.81. The molecular weight excluding hydrogens is 348 g/mol. The first-order valence-corrected chi connectivity index (χ1v) is 9.80. The molecule has 4 rings (SSSR count). The quantitative estimate of drug-likeness (QED) is 0.755. The summed E-state index contributed by atoms with van der Waals surface area (Å²) in [6.45, 7) is 7.70. The molecule has 2 saturated heterocycles. The van der Waals surface area contributed by atoms with Crippen LogP contribution in [0.15, 0.2) is 18.2 Å². The molecule has 138 valence electrons. The van der Waals surface area contributed by atoms with Gasteiger partial charge in [-0.3, -0.25) is 9.78 Å². The molecule has 0 aliphatic carbocycles. The number of anilines is 3. The van der Waals surface area contributed by atoms with Crippen molar-refractivity contribution in [3.8, 4) is 0 Å². The van der Waals surface area contributed by atoms with Crippen LogP contribution < -0.4 is 14.2 Å². The maximum Gasteiger partial charge on any atom is 0.238 e. The van der Waals surface area contributed by atoms with Crippen molar-refractivity contribution in [1.82, 2.24) is 4.98 Å². The largest absolute Gasteiger partial charge is 0.371 e. The molecule has 0 saturated carbocycles. The smallest absolute Gasteiger partial charge is 0.238 e. The average molecular weight is 373 g/mol. The van der Waals surface area contributed by atoms with Crippen molar-refractivity contribution in [3.05, 3.63) is 23.9 Å². The molecule has 0 radical (unpaired) electrons. The molecule has 0 spiro atoms. The molecule has 0 atom stereocenters. The maximum atomic E-state index is 11.9. The minimum atomic E-state index is -0.182. The standard InChI is InChI=1S/C20H25ClN4O/c1-14-11-18(23-7-3-4-8-23)16-12-19(24-9-5-6-10-24)20(13-17(16)22-14)25(21)15(2)26/h11-13H,3-10H2,1-2H3. The van der Waals surface area contributed by atoms with E-state index in [9.17, 15) is 4.79 Å². The second-order valence-electron chi connectivity index (χ2n) is 7.33. The van der Waals surface area contributed by atoms with Crippen LogP contribution in [0.4, 0.5) is 17.1 Å². The first-order valence-electron chi connectivity index (χ1n) is 9.46. The number of amides is 1. The molecule has 1 aromatic heterocycles. The number of hydrogen-bond donors (Lipinski definition) is 0. The highest BCUT2D eigenvalue weighted by molar-refractivity contribution is 6.37. The number of carbonyl (C=O) groups excluding carboxylic acids is 1. The van der Waals surface area contributed by atoms with E-state index in [2.05, 4.69) is 21.9 Å². The topological polar surface area (TPSA) is 39.7 Å². The highest BCUT2D eigenvalue weighted by Gasteiger charge is 2.24. The van der Waals surface area contributed by atoms with Crippen molar-refractivity contribution >= 4 is 45.6 Å². The predicted molar refractivity (Wildman–Crippen MR) is 108 cm³/mol. The van der Waals surface area contributed by atoms with Gasteiger partial charge in [0.15, 0.2) is 0 Å². The van der Waals surface area contributed by atoms with E-state index in [1.54, 1.807) is 0 Å². The molecule has 0 unspecified atom stereocenters. The van der Waals surface area contributed by atoms with Gasteiger partial charge in [0, 0.05) is 61.6 Å². The summed E-state index contributed by atoms with van der Waals surface area (Å²) in [4.78, 5) is 21.5. The normalized spacial score (nSPS) is 17.3. The fraction of sp³-hybridized carbons (Fsp3) is 0.500. The molecule has 2 fully saturated rings. The molecular formula is C20H25ClN4O. The number of aromatic nitrogens is 1. The summed E-state index contributed by atoms with van der Waals surface area (Å²) in [6, 6.07) is 6.35. The Morgan fingerprint density at radius 1 is 1.00 bits per heavy atom. The molecule has 26 heavy (non-hydrogen) atoms. The summed E-state index contributed by atoms with van der Waals surface area (Å²) >= 11 is 6.35. The van der Waals surface area contributed by atoms with Crippen molar-refractivity contribution < 1.29 is 4.79 Å². The minimum Gasteiger partial charge on any atom is -0.371 e. The Bertz CT molecular complexity index is 841. The number of rotatable bonds is 3. The summed E-state index contributed by atoms with van der Waals surface area (Å²) in [5.74, 6) is -0.182. The second kappa shape index (κ2) is 6.95. The Morgan fingerprint density at radius 3 is 2.15 bits per heavy atom. The Morgan fingerprint density at radius 2 is 1.58 bits per heavy atom. The molecule has 2 aromatic rings. The van der Waals surface area contributed by atoms with E-state index in [0.29, 0.717) is 0 Å². The summed E-state index contributed by atoms with van der Waals surface area (Å²) in [7, 11) is 0. The van der Waals surface area contributed by atoms with Gasteiger partial charge in [-0.2, -0.15) is 0 Å². The van der Waals surface area contributed by atoms with Crippen LogP contribution in [0.1, 0.15) is 38.3 Å². The number of fused-ring (bicyclic) bond motifs is 1. The fourth-order valence-electron chi connectivity index (χ4n) is 4.12. The van der Waals surface area contributed by atoms with Gasteiger partial charge in [-0.15, -0.1) is 0 Å². The fourth-order valence-corrected chi connectivity index (χ4v) is 4.25. The molecule has 5 nitrogen and oxygen atoms in total. The highest BCUT2D eigenvalue weighted by Crippen LogP contribution is 2.40. The zero-order valence-corrected chi connectivity index (χ0v) is 16.2. The predicted octanol–water partition coefficient (Wildman–Crippen LogP) is 4.25.